The van der Waals surface area contributed by atoms with Crippen LogP contribution in [0.25, 0.3) is 0 Å². The number of aryl methyl sites for hydroxylation is 1. The Morgan fingerprint density at radius 2 is 1.50 bits per heavy atom. The highest BCUT2D eigenvalue weighted by Gasteiger charge is 2.33. The third kappa shape index (κ3) is 4.84. The average molecular weight is 383 g/mol. The molecule has 1 aromatic carbocycles. The van der Waals surface area contributed by atoms with Gasteiger partial charge in [0, 0.05) is 34.6 Å². The third-order valence-electron chi connectivity index (χ3n) is 5.58. The highest BCUT2D eigenvalue weighted by Crippen LogP contribution is 2.37. The van der Waals surface area contributed by atoms with Crippen LogP contribution in [0.5, 0.6) is 0 Å². The standard InChI is InChI=1S/C23H29NO4/c1-14-10-12-18(13-11-14)19(8-6-5-7-9-20(25)24-28)21-17(4)22(26)15(2)16(3)23(21)27/h10-13,19,28H,5-9H2,1-4H3,(H,24,25). The lowest BCUT2D eigenvalue weighted by atomic mass is 9.75. The van der Waals surface area contributed by atoms with Crippen LogP contribution in [0.15, 0.2) is 46.6 Å². The van der Waals surface area contributed by atoms with Gasteiger partial charge in [-0.25, -0.2) is 5.48 Å². The molecule has 1 amide bonds. The second-order valence-electron chi connectivity index (χ2n) is 7.54. The van der Waals surface area contributed by atoms with Gasteiger partial charge < -0.3 is 0 Å². The van der Waals surface area contributed by atoms with E-state index >= 15 is 0 Å². The second kappa shape index (κ2) is 9.60. The summed E-state index contributed by atoms with van der Waals surface area (Å²) in [5.41, 5.74) is 6.01. The lowest BCUT2D eigenvalue weighted by molar-refractivity contribution is -0.129. The van der Waals surface area contributed by atoms with Gasteiger partial charge in [-0.2, -0.15) is 0 Å². The monoisotopic (exact) mass is 383 g/mol. The molecule has 0 radical (unpaired) electrons. The summed E-state index contributed by atoms with van der Waals surface area (Å²) < 4.78 is 0. The number of hydrogen-bond donors (Lipinski definition) is 2. The van der Waals surface area contributed by atoms with E-state index < -0.39 is 5.91 Å². The number of rotatable bonds is 8. The Labute approximate surface area is 166 Å². The Balaban J connectivity index is 2.26. The Morgan fingerprint density at radius 1 is 0.893 bits per heavy atom. The van der Waals surface area contributed by atoms with E-state index in [1.54, 1.807) is 26.3 Å². The first kappa shape index (κ1) is 21.8. The van der Waals surface area contributed by atoms with E-state index in [-0.39, 0.29) is 23.9 Å². The first-order valence-electron chi connectivity index (χ1n) is 9.75. The Morgan fingerprint density at radius 3 is 2.11 bits per heavy atom. The number of hydrogen-bond acceptors (Lipinski definition) is 4. The summed E-state index contributed by atoms with van der Waals surface area (Å²) in [7, 11) is 0. The van der Waals surface area contributed by atoms with E-state index in [0.29, 0.717) is 28.7 Å². The summed E-state index contributed by atoms with van der Waals surface area (Å²) in [4.78, 5) is 36.8. The summed E-state index contributed by atoms with van der Waals surface area (Å²) in [6, 6.07) is 8.09. The number of benzene rings is 1. The Hall–Kier alpha value is -2.53. The largest absolute Gasteiger partial charge is 0.289 e. The average Bonchev–Trinajstić information content (AvgIpc) is 2.69. The van der Waals surface area contributed by atoms with Crippen molar-refractivity contribution in [3.8, 4) is 0 Å². The number of hydroxylamine groups is 1. The normalized spacial score (nSPS) is 15.9. The van der Waals surface area contributed by atoms with Crippen molar-refractivity contribution in [2.45, 2.75) is 65.7 Å². The van der Waals surface area contributed by atoms with Crippen LogP contribution in [0, 0.1) is 6.92 Å². The molecule has 0 saturated heterocycles. The molecule has 5 nitrogen and oxygen atoms in total. The number of allylic oxidation sites excluding steroid dienone is 4. The summed E-state index contributed by atoms with van der Waals surface area (Å²) in [5, 5.41) is 8.57. The van der Waals surface area contributed by atoms with Crippen LogP contribution in [-0.2, 0) is 14.4 Å². The van der Waals surface area contributed by atoms with Crippen molar-refractivity contribution in [3.63, 3.8) is 0 Å². The highest BCUT2D eigenvalue weighted by molar-refractivity contribution is 6.25. The molecular weight excluding hydrogens is 354 g/mol. The maximum Gasteiger partial charge on any atom is 0.243 e. The van der Waals surface area contributed by atoms with Gasteiger partial charge in [0.05, 0.1) is 0 Å². The highest BCUT2D eigenvalue weighted by atomic mass is 16.5. The van der Waals surface area contributed by atoms with Crippen molar-refractivity contribution in [2.75, 3.05) is 0 Å². The Bertz CT molecular complexity index is 831. The molecule has 1 aromatic rings. The van der Waals surface area contributed by atoms with Crippen LogP contribution in [0.2, 0.25) is 0 Å². The summed E-state index contributed by atoms with van der Waals surface area (Å²) in [5.74, 6) is -0.631. The van der Waals surface area contributed by atoms with E-state index in [0.717, 1.165) is 30.4 Å². The molecule has 150 valence electrons. The fraction of sp³-hybridized carbons (Fsp3) is 0.435. The number of carbonyl (C=O) groups excluding carboxylic acids is 3. The fourth-order valence-corrected chi connectivity index (χ4v) is 3.68. The number of unbranched alkanes of at least 4 members (excludes halogenated alkanes) is 2. The van der Waals surface area contributed by atoms with Crippen molar-refractivity contribution in [1.29, 1.82) is 0 Å². The van der Waals surface area contributed by atoms with Crippen molar-refractivity contribution in [3.05, 3.63) is 57.7 Å². The molecule has 1 aliphatic carbocycles. The molecule has 0 aromatic heterocycles. The summed E-state index contributed by atoms with van der Waals surface area (Å²) >= 11 is 0. The minimum Gasteiger partial charge on any atom is -0.289 e. The molecule has 0 bridgehead atoms. The molecule has 1 atom stereocenters. The first-order valence-corrected chi connectivity index (χ1v) is 9.75. The number of ketones is 2. The lowest BCUT2D eigenvalue weighted by Crippen LogP contribution is -2.24. The van der Waals surface area contributed by atoms with Crippen LogP contribution in [-0.4, -0.2) is 22.7 Å². The van der Waals surface area contributed by atoms with Crippen LogP contribution in [0.4, 0.5) is 0 Å². The van der Waals surface area contributed by atoms with Crippen molar-refractivity contribution < 1.29 is 19.6 Å². The minimum atomic E-state index is -0.391. The van der Waals surface area contributed by atoms with Gasteiger partial charge in [-0.05, 0) is 46.1 Å². The van der Waals surface area contributed by atoms with Crippen LogP contribution in [0.1, 0.15) is 69.9 Å². The summed E-state index contributed by atoms with van der Waals surface area (Å²) in [6.07, 6.45) is 3.28. The number of Topliss-reactive ketones (excluding diaryl/α,β-unsaturated/α-hetero) is 2. The third-order valence-corrected chi connectivity index (χ3v) is 5.58. The molecule has 0 saturated carbocycles. The molecular formula is C23H29NO4. The van der Waals surface area contributed by atoms with Crippen molar-refractivity contribution >= 4 is 17.5 Å². The van der Waals surface area contributed by atoms with Crippen molar-refractivity contribution in [1.82, 2.24) is 5.48 Å². The van der Waals surface area contributed by atoms with Gasteiger partial charge in [-0.3, -0.25) is 19.6 Å². The van der Waals surface area contributed by atoms with E-state index in [4.69, 9.17) is 5.21 Å². The zero-order valence-electron chi connectivity index (χ0n) is 17.1. The summed E-state index contributed by atoms with van der Waals surface area (Å²) in [6.45, 7) is 7.20. The molecule has 2 N–H and O–H groups in total. The number of amides is 1. The van der Waals surface area contributed by atoms with Gasteiger partial charge in [0.25, 0.3) is 0 Å². The molecule has 0 fully saturated rings. The van der Waals surface area contributed by atoms with Gasteiger partial charge >= 0.3 is 0 Å². The van der Waals surface area contributed by atoms with Crippen LogP contribution in [0.3, 0.4) is 0 Å². The maximum atomic E-state index is 13.0. The molecule has 0 aliphatic heterocycles. The zero-order chi connectivity index (χ0) is 20.8. The van der Waals surface area contributed by atoms with Crippen LogP contribution < -0.4 is 5.48 Å². The smallest absolute Gasteiger partial charge is 0.243 e. The second-order valence-corrected chi connectivity index (χ2v) is 7.54. The predicted octanol–water partition coefficient (Wildman–Crippen LogP) is 4.34. The molecule has 0 heterocycles. The Kier molecular flexibility index (Phi) is 7.46. The van der Waals surface area contributed by atoms with E-state index in [2.05, 4.69) is 0 Å². The quantitative estimate of drug-likeness (QED) is 0.303. The SMILES string of the molecule is CC1=C(C)C(=O)C(C(CCCCCC(=O)NO)c2ccc(C)cc2)=C(C)C1=O. The van der Waals surface area contributed by atoms with Gasteiger partial charge in [0.15, 0.2) is 11.6 Å². The fourth-order valence-electron chi connectivity index (χ4n) is 3.68. The van der Waals surface area contributed by atoms with E-state index in [1.165, 1.54) is 0 Å². The van der Waals surface area contributed by atoms with E-state index in [1.807, 2.05) is 31.2 Å². The number of nitrogens with one attached hydrogen (secondary N) is 1. The first-order chi connectivity index (χ1) is 13.3. The van der Waals surface area contributed by atoms with Gasteiger partial charge in [0.2, 0.25) is 5.91 Å². The number of carbonyl (C=O) groups is 3. The van der Waals surface area contributed by atoms with E-state index in [9.17, 15) is 14.4 Å². The molecule has 5 heteroatoms. The molecule has 1 aliphatic rings. The molecule has 1 unspecified atom stereocenters. The predicted molar refractivity (Wildman–Crippen MR) is 108 cm³/mol. The molecule has 28 heavy (non-hydrogen) atoms. The molecule has 0 spiro atoms. The van der Waals surface area contributed by atoms with Gasteiger partial charge in [0.1, 0.15) is 0 Å². The van der Waals surface area contributed by atoms with Gasteiger partial charge in [-0.15, -0.1) is 0 Å². The van der Waals surface area contributed by atoms with Gasteiger partial charge in [-0.1, -0.05) is 42.7 Å². The lowest BCUT2D eigenvalue weighted by Gasteiger charge is -2.26. The topological polar surface area (TPSA) is 83.5 Å². The van der Waals surface area contributed by atoms with Crippen LogP contribution >= 0.6 is 0 Å². The minimum absolute atomic E-state index is 0.0418. The maximum absolute atomic E-state index is 13.0. The zero-order valence-corrected chi connectivity index (χ0v) is 17.1. The molecule has 2 rings (SSSR count). The van der Waals surface area contributed by atoms with Crippen molar-refractivity contribution in [2.24, 2.45) is 0 Å².